The zero-order valence-corrected chi connectivity index (χ0v) is 15.3. The summed E-state index contributed by atoms with van der Waals surface area (Å²) in [5.41, 5.74) is 0. The highest BCUT2D eigenvalue weighted by Gasteiger charge is 2.29. The van der Waals surface area contributed by atoms with Crippen molar-refractivity contribution in [3.63, 3.8) is 0 Å². The van der Waals surface area contributed by atoms with Crippen LogP contribution in [-0.4, -0.2) is 109 Å². The van der Waals surface area contributed by atoms with Gasteiger partial charge in [0.15, 0.2) is 6.29 Å². The van der Waals surface area contributed by atoms with Crippen LogP contribution in [0.4, 0.5) is 0 Å². The molecule has 0 spiro atoms. The maximum atomic E-state index is 9.90. The smallest absolute Gasteiger partial charge is 0.332 e. The van der Waals surface area contributed by atoms with Gasteiger partial charge in [0.2, 0.25) is 0 Å². The van der Waals surface area contributed by atoms with E-state index in [-0.39, 0.29) is 12.9 Å². The Balaban J connectivity index is -0.000000144. The molecule has 0 fully saturated rings. The van der Waals surface area contributed by atoms with Crippen LogP contribution >= 0.6 is 0 Å². The maximum Gasteiger partial charge on any atom is 0.332 e. The van der Waals surface area contributed by atoms with E-state index >= 15 is 0 Å². The van der Waals surface area contributed by atoms with Gasteiger partial charge in [-0.05, 0) is 20.3 Å². The van der Waals surface area contributed by atoms with Crippen LogP contribution < -0.4 is 0 Å². The van der Waals surface area contributed by atoms with Crippen LogP contribution in [0.2, 0.25) is 0 Å². The molecule has 11 nitrogen and oxygen atoms in total. The molecule has 0 aliphatic carbocycles. The highest BCUT2D eigenvalue weighted by atomic mass is 16.4. The summed E-state index contributed by atoms with van der Waals surface area (Å²) in [6.45, 7) is 4.76. The highest BCUT2D eigenvalue weighted by molar-refractivity contribution is 5.71. The van der Waals surface area contributed by atoms with Crippen LogP contribution in [0.25, 0.3) is 0 Å². The lowest BCUT2D eigenvalue weighted by Gasteiger charge is -2.22. The molecule has 0 aromatic heterocycles. The summed E-state index contributed by atoms with van der Waals surface area (Å²) in [6, 6.07) is 0. The van der Waals surface area contributed by atoms with Crippen molar-refractivity contribution in [2.24, 2.45) is 0 Å². The summed E-state index contributed by atoms with van der Waals surface area (Å²) < 4.78 is 0. The normalized spacial score (nSPS) is 15.2. The number of aldehydes is 1. The number of hydrogen-bond donors (Lipinski definition) is 9. The van der Waals surface area contributed by atoms with Gasteiger partial charge in [-0.15, -0.1) is 0 Å². The number of aliphatic hydroxyl groups excluding tert-OH is 8. The molecule has 0 heterocycles. The van der Waals surface area contributed by atoms with Crippen molar-refractivity contribution in [3.05, 3.63) is 0 Å². The molecular weight excluding hydrogens is 356 g/mol. The van der Waals surface area contributed by atoms with Crippen molar-refractivity contribution in [1.29, 1.82) is 0 Å². The molecule has 0 aromatic carbocycles. The molecule has 11 heteroatoms. The number of carbonyl (C=O) groups excluding carboxylic acids is 1. The zero-order chi connectivity index (χ0) is 21.7. The summed E-state index contributed by atoms with van der Waals surface area (Å²) in [6.07, 6.45) is -6.03. The SMILES string of the molecule is CC(O)C(=O)O.CCCCO.CCO.O=C[C@H](O)[C@@H](O)[C@H](O)[C@H](O)CO. The van der Waals surface area contributed by atoms with Crippen LogP contribution in [-0.2, 0) is 9.59 Å². The lowest BCUT2D eigenvalue weighted by Crippen LogP contribution is -2.46. The molecule has 0 aliphatic heterocycles. The van der Waals surface area contributed by atoms with Crippen molar-refractivity contribution in [1.82, 2.24) is 0 Å². The fourth-order valence-corrected chi connectivity index (χ4v) is 0.776. The molecule has 0 saturated heterocycles. The minimum atomic E-state index is -1.79. The molecule has 9 N–H and O–H groups in total. The highest BCUT2D eigenvalue weighted by Crippen LogP contribution is 2.02. The van der Waals surface area contributed by atoms with E-state index < -0.39 is 43.1 Å². The van der Waals surface area contributed by atoms with E-state index in [1.54, 1.807) is 6.92 Å². The van der Waals surface area contributed by atoms with Crippen LogP contribution in [0.5, 0.6) is 0 Å². The first-order valence-electron chi connectivity index (χ1n) is 7.92. The molecule has 0 rings (SSSR count). The van der Waals surface area contributed by atoms with Crippen LogP contribution in [0, 0.1) is 0 Å². The second kappa shape index (κ2) is 23.8. The average Bonchev–Trinajstić information content (AvgIpc) is 2.61. The van der Waals surface area contributed by atoms with E-state index in [4.69, 9.17) is 46.0 Å². The quantitative estimate of drug-likeness (QED) is 0.188. The Morgan fingerprint density at radius 1 is 0.962 bits per heavy atom. The summed E-state index contributed by atoms with van der Waals surface area (Å²) in [5.74, 6) is -1.19. The van der Waals surface area contributed by atoms with Crippen molar-refractivity contribution in [2.45, 2.75) is 64.1 Å². The Labute approximate surface area is 152 Å². The van der Waals surface area contributed by atoms with Gasteiger partial charge in [-0.3, -0.25) is 0 Å². The minimum Gasteiger partial charge on any atom is -0.479 e. The Morgan fingerprint density at radius 3 is 1.50 bits per heavy atom. The van der Waals surface area contributed by atoms with Gasteiger partial charge in [0.25, 0.3) is 0 Å². The molecule has 0 aromatic rings. The largest absolute Gasteiger partial charge is 0.479 e. The number of rotatable bonds is 8. The molecule has 160 valence electrons. The van der Waals surface area contributed by atoms with Gasteiger partial charge in [0.05, 0.1) is 6.61 Å². The first-order valence-corrected chi connectivity index (χ1v) is 7.92. The molecule has 0 radical (unpaired) electrons. The summed E-state index contributed by atoms with van der Waals surface area (Å²) in [4.78, 5) is 19.3. The van der Waals surface area contributed by atoms with Crippen molar-refractivity contribution < 1.29 is 55.5 Å². The molecular formula is C15H34O11. The third-order valence-electron chi connectivity index (χ3n) is 2.29. The fraction of sp³-hybridized carbons (Fsp3) is 0.867. The van der Waals surface area contributed by atoms with E-state index in [9.17, 15) is 9.59 Å². The Kier molecular flexibility index (Phi) is 29.8. The van der Waals surface area contributed by atoms with Gasteiger partial charge in [-0.1, -0.05) is 13.3 Å². The van der Waals surface area contributed by atoms with E-state index in [0.29, 0.717) is 6.61 Å². The van der Waals surface area contributed by atoms with Crippen molar-refractivity contribution in [3.8, 4) is 0 Å². The molecule has 26 heavy (non-hydrogen) atoms. The van der Waals surface area contributed by atoms with Gasteiger partial charge in [-0.25, -0.2) is 4.79 Å². The first-order chi connectivity index (χ1) is 12.0. The minimum absolute atomic E-state index is 0.0258. The second-order valence-electron chi connectivity index (χ2n) is 4.77. The fourth-order valence-electron chi connectivity index (χ4n) is 0.776. The standard InChI is InChI=1S/C6H12O6.C4H10O.C3H6O3.C2H6O/c7-1-3(9)5(11)6(12)4(10)2-8;1-2-3-4-5;1-2(4)3(5)6;1-2-3/h1,3-6,8-12H,2H2;5H,2-4H2,1H3;2,4H,1H3,(H,5,6);3H,2H2,1H3/t3-,4+,5+,6+;;;/m0.../s1. The van der Waals surface area contributed by atoms with Crippen molar-refractivity contribution >= 4 is 12.3 Å². The monoisotopic (exact) mass is 390 g/mol. The molecule has 0 bridgehead atoms. The number of unbranched alkanes of at least 4 members (excludes halogenated alkanes) is 1. The predicted octanol–water partition coefficient (Wildman–Crippen LogP) is -3.15. The number of hydrogen-bond acceptors (Lipinski definition) is 10. The average molecular weight is 390 g/mol. The lowest BCUT2D eigenvalue weighted by molar-refractivity contribution is -0.145. The van der Waals surface area contributed by atoms with E-state index in [1.807, 2.05) is 0 Å². The zero-order valence-electron chi connectivity index (χ0n) is 15.3. The maximum absolute atomic E-state index is 9.90. The lowest BCUT2D eigenvalue weighted by atomic mass is 10.0. The van der Waals surface area contributed by atoms with Gasteiger partial charge in [0.1, 0.15) is 30.5 Å². The van der Waals surface area contributed by atoms with Gasteiger partial charge in [-0.2, -0.15) is 0 Å². The Hall–Kier alpha value is -1.18. The van der Waals surface area contributed by atoms with Crippen LogP contribution in [0.1, 0.15) is 33.6 Å². The molecule has 0 saturated carbocycles. The molecule has 0 aliphatic rings. The summed E-state index contributed by atoms with van der Waals surface area (Å²) in [7, 11) is 0. The Morgan fingerprint density at radius 2 is 1.35 bits per heavy atom. The predicted molar refractivity (Wildman–Crippen MR) is 91.2 cm³/mol. The molecule has 0 amide bonds. The van der Waals surface area contributed by atoms with Gasteiger partial charge >= 0.3 is 5.97 Å². The van der Waals surface area contributed by atoms with E-state index in [1.165, 1.54) is 6.92 Å². The topological polar surface area (TPSA) is 216 Å². The van der Waals surface area contributed by atoms with Crippen LogP contribution in [0.15, 0.2) is 0 Å². The summed E-state index contributed by atoms with van der Waals surface area (Å²) in [5, 5.41) is 74.9. The number of carbonyl (C=O) groups is 2. The van der Waals surface area contributed by atoms with Gasteiger partial charge < -0.3 is 50.8 Å². The molecule has 1 unspecified atom stereocenters. The van der Waals surface area contributed by atoms with Crippen molar-refractivity contribution in [2.75, 3.05) is 19.8 Å². The van der Waals surface area contributed by atoms with Gasteiger partial charge in [0, 0.05) is 13.2 Å². The van der Waals surface area contributed by atoms with E-state index in [0.717, 1.165) is 12.8 Å². The first kappa shape index (κ1) is 32.5. The number of aliphatic carboxylic acids is 1. The Bertz CT molecular complexity index is 297. The van der Waals surface area contributed by atoms with Crippen LogP contribution in [0.3, 0.4) is 0 Å². The number of aliphatic hydroxyl groups is 8. The number of carboxylic acids is 1. The third-order valence-corrected chi connectivity index (χ3v) is 2.29. The number of carboxylic acid groups (broad SMARTS) is 1. The van der Waals surface area contributed by atoms with E-state index in [2.05, 4.69) is 6.92 Å². The second-order valence-corrected chi connectivity index (χ2v) is 4.77. The third kappa shape index (κ3) is 25.1. The molecule has 5 atom stereocenters. The summed E-state index contributed by atoms with van der Waals surface area (Å²) >= 11 is 0.